The maximum atomic E-state index is 14.2. The van der Waals surface area contributed by atoms with Crippen molar-refractivity contribution in [2.45, 2.75) is 32.4 Å². The Labute approximate surface area is 128 Å². The SMILES string of the molecule is CC(=O)C1CCCC(F)C1C(N)=CC(=N)c1ccc(F)cc1. The molecule has 0 spiro atoms. The van der Waals surface area contributed by atoms with E-state index in [1.165, 1.54) is 37.3 Å². The Morgan fingerprint density at radius 2 is 1.95 bits per heavy atom. The van der Waals surface area contributed by atoms with Crippen LogP contribution in [0.4, 0.5) is 8.78 Å². The van der Waals surface area contributed by atoms with Gasteiger partial charge in [0.15, 0.2) is 0 Å². The molecule has 0 aromatic heterocycles. The largest absolute Gasteiger partial charge is 0.402 e. The van der Waals surface area contributed by atoms with Crippen molar-refractivity contribution in [1.29, 1.82) is 5.41 Å². The summed E-state index contributed by atoms with van der Waals surface area (Å²) >= 11 is 0. The topological polar surface area (TPSA) is 66.9 Å². The number of benzene rings is 1. The second-order valence-corrected chi connectivity index (χ2v) is 5.75. The number of allylic oxidation sites excluding steroid dienone is 2. The first-order valence-corrected chi connectivity index (χ1v) is 7.36. The monoisotopic (exact) mass is 306 g/mol. The maximum Gasteiger partial charge on any atom is 0.133 e. The van der Waals surface area contributed by atoms with Crippen molar-refractivity contribution in [3.63, 3.8) is 0 Å². The van der Waals surface area contributed by atoms with Gasteiger partial charge >= 0.3 is 0 Å². The van der Waals surface area contributed by atoms with Gasteiger partial charge in [-0.25, -0.2) is 8.78 Å². The van der Waals surface area contributed by atoms with E-state index in [2.05, 4.69) is 0 Å². The quantitative estimate of drug-likeness (QED) is 0.837. The van der Waals surface area contributed by atoms with E-state index in [-0.39, 0.29) is 23.0 Å². The van der Waals surface area contributed by atoms with Gasteiger partial charge in [-0.05, 0) is 62.1 Å². The predicted molar refractivity (Wildman–Crippen MR) is 81.9 cm³/mol. The molecule has 0 amide bonds. The van der Waals surface area contributed by atoms with Gasteiger partial charge in [-0.15, -0.1) is 0 Å². The van der Waals surface area contributed by atoms with E-state index < -0.39 is 18.0 Å². The highest BCUT2D eigenvalue weighted by Crippen LogP contribution is 2.36. The van der Waals surface area contributed by atoms with Crippen LogP contribution in [0.25, 0.3) is 0 Å². The highest BCUT2D eigenvalue weighted by Gasteiger charge is 2.37. The van der Waals surface area contributed by atoms with E-state index in [9.17, 15) is 13.6 Å². The lowest BCUT2D eigenvalue weighted by molar-refractivity contribution is -0.124. The third-order valence-corrected chi connectivity index (χ3v) is 4.19. The van der Waals surface area contributed by atoms with Gasteiger partial charge in [-0.1, -0.05) is 0 Å². The number of carbonyl (C=O) groups excluding carboxylic acids is 1. The molecule has 3 unspecified atom stereocenters. The van der Waals surface area contributed by atoms with Crippen LogP contribution in [0.15, 0.2) is 36.0 Å². The van der Waals surface area contributed by atoms with Crippen LogP contribution in [0.2, 0.25) is 0 Å². The zero-order chi connectivity index (χ0) is 16.3. The molecule has 0 saturated heterocycles. The summed E-state index contributed by atoms with van der Waals surface area (Å²) in [5.74, 6) is -1.56. The first-order chi connectivity index (χ1) is 10.4. The van der Waals surface area contributed by atoms with E-state index >= 15 is 0 Å². The lowest BCUT2D eigenvalue weighted by atomic mass is 9.74. The summed E-state index contributed by atoms with van der Waals surface area (Å²) in [4.78, 5) is 11.7. The molecular weight excluding hydrogens is 286 g/mol. The molecule has 1 aliphatic carbocycles. The van der Waals surface area contributed by atoms with E-state index in [1.54, 1.807) is 0 Å². The number of ketones is 1. The minimum atomic E-state index is -1.17. The Balaban J connectivity index is 2.23. The number of alkyl halides is 1. The van der Waals surface area contributed by atoms with Crippen LogP contribution in [0, 0.1) is 23.1 Å². The molecule has 0 aliphatic heterocycles. The molecule has 0 bridgehead atoms. The maximum absolute atomic E-state index is 14.2. The molecule has 1 aromatic carbocycles. The first-order valence-electron chi connectivity index (χ1n) is 7.36. The van der Waals surface area contributed by atoms with Crippen LogP contribution < -0.4 is 5.73 Å². The fourth-order valence-electron chi connectivity index (χ4n) is 3.02. The van der Waals surface area contributed by atoms with Crippen molar-refractivity contribution in [2.75, 3.05) is 0 Å². The Bertz CT molecular complexity index is 595. The smallest absolute Gasteiger partial charge is 0.133 e. The molecule has 0 heterocycles. The summed E-state index contributed by atoms with van der Waals surface area (Å²) in [6, 6.07) is 5.45. The summed E-state index contributed by atoms with van der Waals surface area (Å²) in [5, 5.41) is 8.00. The van der Waals surface area contributed by atoms with Crippen LogP contribution in [-0.4, -0.2) is 17.7 Å². The molecule has 1 aliphatic rings. The number of halogens is 2. The minimum absolute atomic E-state index is 0.0722. The van der Waals surface area contributed by atoms with E-state index in [1.807, 2.05) is 0 Å². The number of carbonyl (C=O) groups is 1. The third-order valence-electron chi connectivity index (χ3n) is 4.19. The van der Waals surface area contributed by atoms with Gasteiger partial charge < -0.3 is 11.1 Å². The molecule has 22 heavy (non-hydrogen) atoms. The summed E-state index contributed by atoms with van der Waals surface area (Å²) in [6.45, 7) is 1.45. The van der Waals surface area contributed by atoms with Crippen LogP contribution in [0.5, 0.6) is 0 Å². The number of Topliss-reactive ketones (excluding diaryl/α,β-unsaturated/α-hetero) is 1. The molecule has 2 rings (SSSR count). The first kappa shape index (κ1) is 16.3. The summed E-state index contributed by atoms with van der Waals surface area (Å²) in [5.41, 5.74) is 6.78. The van der Waals surface area contributed by atoms with Crippen molar-refractivity contribution < 1.29 is 13.6 Å². The molecule has 118 valence electrons. The third kappa shape index (κ3) is 3.59. The molecule has 1 fully saturated rings. The van der Waals surface area contributed by atoms with E-state index in [4.69, 9.17) is 11.1 Å². The highest BCUT2D eigenvalue weighted by molar-refractivity contribution is 6.06. The van der Waals surface area contributed by atoms with Gasteiger partial charge in [-0.2, -0.15) is 0 Å². The predicted octanol–water partition coefficient (Wildman–Crippen LogP) is 3.38. The van der Waals surface area contributed by atoms with Gasteiger partial charge in [0.25, 0.3) is 0 Å². The van der Waals surface area contributed by atoms with Crippen LogP contribution in [-0.2, 0) is 4.79 Å². The average Bonchev–Trinajstić information content (AvgIpc) is 2.47. The van der Waals surface area contributed by atoms with Crippen LogP contribution in [0.1, 0.15) is 31.7 Å². The number of nitrogens with one attached hydrogen (secondary N) is 1. The lowest BCUT2D eigenvalue weighted by Crippen LogP contribution is -2.37. The van der Waals surface area contributed by atoms with Gasteiger partial charge in [-0.3, -0.25) is 4.79 Å². The summed E-state index contributed by atoms with van der Waals surface area (Å²) < 4.78 is 27.1. The molecule has 1 aromatic rings. The van der Waals surface area contributed by atoms with Gasteiger partial charge in [0, 0.05) is 17.5 Å². The van der Waals surface area contributed by atoms with E-state index in [0.717, 1.165) is 0 Å². The Morgan fingerprint density at radius 1 is 1.32 bits per heavy atom. The van der Waals surface area contributed by atoms with Gasteiger partial charge in [0.05, 0.1) is 5.71 Å². The number of hydrogen-bond donors (Lipinski definition) is 2. The Kier molecular flexibility index (Phi) is 5.06. The number of nitrogens with two attached hydrogens (primary N) is 1. The zero-order valence-electron chi connectivity index (χ0n) is 12.5. The lowest BCUT2D eigenvalue weighted by Gasteiger charge is -2.33. The standard InChI is InChI=1S/C17H20F2N2O/c1-10(22)13-3-2-4-14(19)17(13)16(21)9-15(20)11-5-7-12(18)8-6-11/h5-9,13-14,17,20H,2-4,21H2,1H3. The van der Waals surface area contributed by atoms with Crippen molar-refractivity contribution in [3.8, 4) is 0 Å². The van der Waals surface area contributed by atoms with Crippen molar-refractivity contribution in [1.82, 2.24) is 0 Å². The second kappa shape index (κ2) is 6.81. The fraction of sp³-hybridized carbons (Fsp3) is 0.412. The van der Waals surface area contributed by atoms with Crippen LogP contribution >= 0.6 is 0 Å². The molecule has 1 saturated carbocycles. The van der Waals surface area contributed by atoms with Crippen LogP contribution in [0.3, 0.4) is 0 Å². The summed E-state index contributed by atoms with van der Waals surface area (Å²) in [7, 11) is 0. The van der Waals surface area contributed by atoms with Gasteiger partial charge in [0.1, 0.15) is 17.8 Å². The van der Waals surface area contributed by atoms with Crippen molar-refractivity contribution in [2.24, 2.45) is 17.6 Å². The number of hydrogen-bond acceptors (Lipinski definition) is 3. The van der Waals surface area contributed by atoms with Crippen molar-refractivity contribution >= 4 is 11.5 Å². The van der Waals surface area contributed by atoms with Crippen molar-refractivity contribution in [3.05, 3.63) is 47.4 Å². The highest BCUT2D eigenvalue weighted by atomic mass is 19.1. The Hall–Kier alpha value is -2.04. The minimum Gasteiger partial charge on any atom is -0.402 e. The molecule has 0 radical (unpaired) electrons. The molecule has 3 nitrogen and oxygen atoms in total. The Morgan fingerprint density at radius 3 is 2.55 bits per heavy atom. The molecule has 3 atom stereocenters. The average molecular weight is 306 g/mol. The summed E-state index contributed by atoms with van der Waals surface area (Å²) in [6.07, 6.45) is 1.89. The van der Waals surface area contributed by atoms with Gasteiger partial charge in [0.2, 0.25) is 0 Å². The zero-order valence-corrected chi connectivity index (χ0v) is 12.5. The molecular formula is C17H20F2N2O. The normalized spacial score (nSPS) is 25.8. The fourth-order valence-corrected chi connectivity index (χ4v) is 3.02. The molecule has 5 heteroatoms. The molecule has 3 N–H and O–H groups in total. The second-order valence-electron chi connectivity index (χ2n) is 5.75. The number of rotatable bonds is 4. The van der Waals surface area contributed by atoms with E-state index in [0.29, 0.717) is 24.8 Å².